The third kappa shape index (κ3) is 4.10. The summed E-state index contributed by atoms with van der Waals surface area (Å²) in [6.07, 6.45) is 4.85. The lowest BCUT2D eigenvalue weighted by atomic mass is 10.1. The van der Waals surface area contributed by atoms with Gasteiger partial charge in [-0.1, -0.05) is 23.2 Å². The average Bonchev–Trinajstić information content (AvgIpc) is 3.25. The quantitative estimate of drug-likeness (QED) is 0.647. The van der Waals surface area contributed by atoms with Gasteiger partial charge >= 0.3 is 0 Å². The molecule has 1 saturated heterocycles. The maximum absolute atomic E-state index is 12.7. The first-order chi connectivity index (χ1) is 13.6. The highest BCUT2D eigenvalue weighted by molar-refractivity contribution is 6.35. The van der Waals surface area contributed by atoms with E-state index in [4.69, 9.17) is 27.9 Å². The summed E-state index contributed by atoms with van der Waals surface area (Å²) < 4.78 is 7.54. The van der Waals surface area contributed by atoms with Crippen molar-refractivity contribution in [3.63, 3.8) is 0 Å². The van der Waals surface area contributed by atoms with Crippen LogP contribution in [-0.2, 0) is 0 Å². The smallest absolute Gasteiger partial charge is 0.255 e. The molecule has 0 bridgehead atoms. The Hall–Kier alpha value is -2.64. The van der Waals surface area contributed by atoms with Gasteiger partial charge in [0.25, 0.3) is 5.91 Å². The lowest BCUT2D eigenvalue weighted by molar-refractivity contribution is 0.0586. The largest absolute Gasteiger partial charge is 0.473 e. The Kier molecular flexibility index (Phi) is 5.45. The molecule has 9 heteroatoms. The van der Waals surface area contributed by atoms with Gasteiger partial charge in [0.2, 0.25) is 5.88 Å². The molecule has 7 nitrogen and oxygen atoms in total. The molecule has 0 saturated carbocycles. The van der Waals surface area contributed by atoms with Crippen molar-refractivity contribution in [2.75, 3.05) is 13.1 Å². The third-order valence-corrected chi connectivity index (χ3v) is 5.11. The second kappa shape index (κ2) is 8.16. The Morgan fingerprint density at radius 1 is 1.11 bits per heavy atom. The first-order valence-corrected chi connectivity index (χ1v) is 9.60. The molecule has 144 valence electrons. The maximum atomic E-state index is 12.7. The minimum Gasteiger partial charge on any atom is -0.473 e. The number of hydrogen-bond acceptors (Lipinski definition) is 5. The second-order valence-electron chi connectivity index (χ2n) is 6.41. The summed E-state index contributed by atoms with van der Waals surface area (Å²) in [5.41, 5.74) is 0.425. The number of carbonyl (C=O) groups is 1. The molecule has 1 aliphatic rings. The molecule has 4 rings (SSSR count). The Morgan fingerprint density at radius 3 is 2.61 bits per heavy atom. The van der Waals surface area contributed by atoms with Gasteiger partial charge in [-0.3, -0.25) is 4.79 Å². The fraction of sp³-hybridized carbons (Fsp3) is 0.263. The molecule has 0 N–H and O–H groups in total. The van der Waals surface area contributed by atoms with Gasteiger partial charge in [-0.05, 0) is 30.3 Å². The van der Waals surface area contributed by atoms with Crippen LogP contribution in [0.15, 0.2) is 48.8 Å². The number of benzene rings is 1. The summed E-state index contributed by atoms with van der Waals surface area (Å²) in [6.45, 7) is 1.15. The highest BCUT2D eigenvalue weighted by Gasteiger charge is 2.26. The SMILES string of the molecule is O=C(c1cc(Cl)ccc1Cl)N1CCC(Oc2ccc(-n3cccn3)nn2)CC1. The summed E-state index contributed by atoms with van der Waals surface area (Å²) >= 11 is 12.1. The van der Waals surface area contributed by atoms with Crippen LogP contribution in [-0.4, -0.2) is 50.0 Å². The Morgan fingerprint density at radius 2 is 1.93 bits per heavy atom. The van der Waals surface area contributed by atoms with Gasteiger partial charge in [0.15, 0.2) is 5.82 Å². The molecule has 1 amide bonds. The average molecular weight is 418 g/mol. The van der Waals surface area contributed by atoms with E-state index in [-0.39, 0.29) is 12.0 Å². The highest BCUT2D eigenvalue weighted by Crippen LogP contribution is 2.24. The minimum atomic E-state index is -0.116. The van der Waals surface area contributed by atoms with Crippen LogP contribution in [0.2, 0.25) is 10.0 Å². The summed E-state index contributed by atoms with van der Waals surface area (Å²) in [6, 6.07) is 10.3. The van der Waals surface area contributed by atoms with Gasteiger partial charge in [-0.25, -0.2) is 4.68 Å². The summed E-state index contributed by atoms with van der Waals surface area (Å²) in [5, 5.41) is 13.2. The zero-order chi connectivity index (χ0) is 19.5. The van der Waals surface area contributed by atoms with Crippen LogP contribution in [0, 0.1) is 0 Å². The van der Waals surface area contributed by atoms with Gasteiger partial charge in [0.1, 0.15) is 6.10 Å². The van der Waals surface area contributed by atoms with Crippen molar-refractivity contribution in [3.8, 4) is 11.7 Å². The van der Waals surface area contributed by atoms with E-state index in [1.165, 1.54) is 0 Å². The number of aromatic nitrogens is 4. The molecule has 0 unspecified atom stereocenters. The van der Waals surface area contributed by atoms with Crippen molar-refractivity contribution in [1.82, 2.24) is 24.9 Å². The lowest BCUT2D eigenvalue weighted by Crippen LogP contribution is -2.42. The minimum absolute atomic E-state index is 0.0243. The standard InChI is InChI=1S/C19H17Cl2N5O2/c20-13-2-3-16(21)15(12-13)19(27)25-10-6-14(7-11-25)28-18-5-4-17(23-24-18)26-9-1-8-22-26/h1-5,8-9,12,14H,6-7,10-11H2. The number of halogens is 2. The number of piperidine rings is 1. The molecule has 2 aromatic heterocycles. The Balaban J connectivity index is 1.34. The molecule has 3 heterocycles. The van der Waals surface area contributed by atoms with Crippen molar-refractivity contribution in [2.24, 2.45) is 0 Å². The molecule has 0 aliphatic carbocycles. The van der Waals surface area contributed by atoms with Gasteiger partial charge in [0.05, 0.1) is 10.6 Å². The molecule has 0 radical (unpaired) electrons. The zero-order valence-corrected chi connectivity index (χ0v) is 16.3. The van der Waals surface area contributed by atoms with Crippen LogP contribution < -0.4 is 4.74 Å². The van der Waals surface area contributed by atoms with E-state index < -0.39 is 0 Å². The van der Waals surface area contributed by atoms with Crippen molar-refractivity contribution in [2.45, 2.75) is 18.9 Å². The molecular formula is C19H17Cl2N5O2. The van der Waals surface area contributed by atoms with Gasteiger partial charge in [-0.15, -0.1) is 10.2 Å². The van der Waals surface area contributed by atoms with Gasteiger partial charge in [0, 0.05) is 49.4 Å². The van der Waals surface area contributed by atoms with E-state index in [1.54, 1.807) is 52.3 Å². The Bertz CT molecular complexity index is 955. The van der Waals surface area contributed by atoms with Crippen LogP contribution in [0.5, 0.6) is 5.88 Å². The van der Waals surface area contributed by atoms with Crippen molar-refractivity contribution in [1.29, 1.82) is 0 Å². The summed E-state index contributed by atoms with van der Waals surface area (Å²) in [7, 11) is 0. The monoisotopic (exact) mass is 417 g/mol. The molecule has 0 spiro atoms. The first-order valence-electron chi connectivity index (χ1n) is 8.85. The predicted octanol–water partition coefficient (Wildman–Crippen LogP) is 3.65. The topological polar surface area (TPSA) is 73.1 Å². The molecule has 28 heavy (non-hydrogen) atoms. The lowest BCUT2D eigenvalue weighted by Gasteiger charge is -2.32. The zero-order valence-electron chi connectivity index (χ0n) is 14.8. The van der Waals surface area contributed by atoms with E-state index in [0.717, 1.165) is 0 Å². The van der Waals surface area contributed by atoms with Crippen molar-refractivity contribution >= 4 is 29.1 Å². The van der Waals surface area contributed by atoms with Gasteiger partial charge < -0.3 is 9.64 Å². The van der Waals surface area contributed by atoms with E-state index >= 15 is 0 Å². The van der Waals surface area contributed by atoms with Crippen LogP contribution in [0.3, 0.4) is 0 Å². The van der Waals surface area contributed by atoms with E-state index in [2.05, 4.69) is 15.3 Å². The summed E-state index contributed by atoms with van der Waals surface area (Å²) in [4.78, 5) is 14.5. The molecule has 0 atom stereocenters. The van der Waals surface area contributed by atoms with E-state index in [1.807, 2.05) is 6.07 Å². The Labute approximate surface area is 171 Å². The fourth-order valence-electron chi connectivity index (χ4n) is 3.08. The van der Waals surface area contributed by atoms with E-state index in [9.17, 15) is 4.79 Å². The first kappa shape index (κ1) is 18.7. The molecule has 1 aromatic carbocycles. The number of nitrogens with zero attached hydrogens (tertiary/aromatic N) is 5. The predicted molar refractivity (Wildman–Crippen MR) is 105 cm³/mol. The normalized spacial score (nSPS) is 14.9. The number of ether oxygens (including phenoxy) is 1. The van der Waals surface area contributed by atoms with Crippen LogP contribution >= 0.6 is 23.2 Å². The summed E-state index contributed by atoms with van der Waals surface area (Å²) in [5.74, 6) is 0.962. The van der Waals surface area contributed by atoms with E-state index in [0.29, 0.717) is 53.2 Å². The van der Waals surface area contributed by atoms with Crippen LogP contribution in [0.4, 0.5) is 0 Å². The van der Waals surface area contributed by atoms with Crippen molar-refractivity contribution in [3.05, 3.63) is 64.4 Å². The number of carbonyl (C=O) groups excluding carboxylic acids is 1. The number of rotatable bonds is 4. The van der Waals surface area contributed by atoms with Crippen molar-refractivity contribution < 1.29 is 9.53 Å². The van der Waals surface area contributed by atoms with Crippen LogP contribution in [0.1, 0.15) is 23.2 Å². The molecule has 1 aliphatic heterocycles. The molecule has 1 fully saturated rings. The molecule has 3 aromatic rings. The van der Waals surface area contributed by atoms with Gasteiger partial charge in [-0.2, -0.15) is 5.10 Å². The maximum Gasteiger partial charge on any atom is 0.255 e. The second-order valence-corrected chi connectivity index (χ2v) is 7.26. The third-order valence-electron chi connectivity index (χ3n) is 4.54. The molecular weight excluding hydrogens is 401 g/mol. The van der Waals surface area contributed by atoms with Crippen LogP contribution in [0.25, 0.3) is 5.82 Å². The number of amides is 1. The fourth-order valence-corrected chi connectivity index (χ4v) is 3.45. The highest BCUT2D eigenvalue weighted by atomic mass is 35.5. The number of hydrogen-bond donors (Lipinski definition) is 0. The number of likely N-dealkylation sites (tertiary alicyclic amines) is 1.